The minimum atomic E-state index is -0.614. The van der Waals surface area contributed by atoms with Crippen molar-refractivity contribution in [1.82, 2.24) is 24.9 Å². The number of halogens is 1. The molecule has 3 aromatic rings. The third-order valence-electron chi connectivity index (χ3n) is 4.04. The zero-order chi connectivity index (χ0) is 19.6. The molecule has 27 heavy (non-hydrogen) atoms. The van der Waals surface area contributed by atoms with Gasteiger partial charge in [-0.15, -0.1) is 0 Å². The average molecular weight is 391 g/mol. The smallest absolute Gasteiger partial charge is 0.274 e. The van der Waals surface area contributed by atoms with Crippen molar-refractivity contribution in [1.29, 1.82) is 0 Å². The topological polar surface area (TPSA) is 107 Å². The van der Waals surface area contributed by atoms with Gasteiger partial charge in [-0.3, -0.25) is 19.0 Å². The summed E-state index contributed by atoms with van der Waals surface area (Å²) in [5, 5.41) is 14.2. The molecule has 2 N–H and O–H groups in total. The van der Waals surface area contributed by atoms with Gasteiger partial charge in [0.2, 0.25) is 5.91 Å². The monoisotopic (exact) mass is 390 g/mol. The molecule has 0 aliphatic carbocycles. The molecule has 0 aromatic carbocycles. The van der Waals surface area contributed by atoms with Crippen LogP contribution >= 0.6 is 11.6 Å². The van der Waals surface area contributed by atoms with Crippen LogP contribution in [0.3, 0.4) is 0 Å². The van der Waals surface area contributed by atoms with Crippen molar-refractivity contribution in [2.45, 2.75) is 26.4 Å². The first-order valence-electron chi connectivity index (χ1n) is 8.21. The van der Waals surface area contributed by atoms with Gasteiger partial charge in [0.05, 0.1) is 35.4 Å². The molecular weight excluding hydrogens is 372 g/mol. The van der Waals surface area contributed by atoms with Gasteiger partial charge in [0.25, 0.3) is 5.91 Å². The summed E-state index contributed by atoms with van der Waals surface area (Å²) >= 11 is 6.00. The van der Waals surface area contributed by atoms with Crippen molar-refractivity contribution in [3.8, 4) is 0 Å². The van der Waals surface area contributed by atoms with E-state index in [1.165, 1.54) is 21.8 Å². The third kappa shape index (κ3) is 4.03. The first-order valence-corrected chi connectivity index (χ1v) is 8.59. The van der Waals surface area contributed by atoms with Crippen LogP contribution in [0.15, 0.2) is 35.2 Å². The first-order chi connectivity index (χ1) is 12.9. The minimum Gasteiger partial charge on any atom is -0.467 e. The summed E-state index contributed by atoms with van der Waals surface area (Å²) in [7, 11) is 1.67. The van der Waals surface area contributed by atoms with Gasteiger partial charge >= 0.3 is 0 Å². The highest BCUT2D eigenvalue weighted by Crippen LogP contribution is 2.20. The van der Waals surface area contributed by atoms with Crippen LogP contribution in [0.4, 0.5) is 5.69 Å². The van der Waals surface area contributed by atoms with E-state index in [-0.39, 0.29) is 18.1 Å². The molecule has 0 aliphatic heterocycles. The number of aromatic nitrogens is 4. The summed E-state index contributed by atoms with van der Waals surface area (Å²) < 4.78 is 8.16. The molecule has 0 fully saturated rings. The molecule has 10 heteroatoms. The van der Waals surface area contributed by atoms with Crippen molar-refractivity contribution >= 4 is 29.1 Å². The first kappa shape index (κ1) is 18.7. The fraction of sp³-hybridized carbons (Fsp3) is 0.294. The Morgan fingerprint density at radius 3 is 2.81 bits per heavy atom. The number of rotatable bonds is 6. The van der Waals surface area contributed by atoms with Crippen LogP contribution in [0.5, 0.6) is 0 Å². The molecule has 2 amide bonds. The number of nitrogens with zero attached hydrogens (tertiary/aromatic N) is 4. The quantitative estimate of drug-likeness (QED) is 0.671. The Bertz CT molecular complexity index is 960. The van der Waals surface area contributed by atoms with Crippen molar-refractivity contribution in [2.24, 2.45) is 7.05 Å². The van der Waals surface area contributed by atoms with E-state index in [4.69, 9.17) is 16.0 Å². The number of anilines is 1. The van der Waals surface area contributed by atoms with Crippen LogP contribution in [0.1, 0.15) is 34.9 Å². The maximum absolute atomic E-state index is 12.6. The molecule has 3 aromatic heterocycles. The maximum atomic E-state index is 12.6. The second kappa shape index (κ2) is 7.67. The standard InChI is InChI=1S/C17H19ClN6O3/c1-10-13(18)8-20-24(10)11(2)16(25)21-14-9-23(3)22-15(14)17(26)19-7-12-5-4-6-27-12/h4-6,8-9,11H,7H2,1-3H3,(H,19,26)(H,21,25)/t11-/m0/s1. The van der Waals surface area contributed by atoms with Gasteiger partial charge in [0, 0.05) is 13.2 Å². The Morgan fingerprint density at radius 1 is 1.41 bits per heavy atom. The number of amides is 2. The molecule has 0 radical (unpaired) electrons. The highest BCUT2D eigenvalue weighted by molar-refractivity contribution is 6.31. The molecule has 0 aliphatic rings. The number of hydrogen-bond acceptors (Lipinski definition) is 5. The van der Waals surface area contributed by atoms with E-state index in [1.807, 2.05) is 0 Å². The molecule has 9 nitrogen and oxygen atoms in total. The van der Waals surface area contributed by atoms with Gasteiger partial charge in [-0.25, -0.2) is 0 Å². The maximum Gasteiger partial charge on any atom is 0.274 e. The summed E-state index contributed by atoms with van der Waals surface area (Å²) in [5.41, 5.74) is 1.10. The van der Waals surface area contributed by atoms with Crippen molar-refractivity contribution in [2.75, 3.05) is 5.32 Å². The number of furan rings is 1. The normalized spacial score (nSPS) is 12.0. The van der Waals surface area contributed by atoms with Crippen LogP contribution in [0.25, 0.3) is 0 Å². The van der Waals surface area contributed by atoms with E-state index in [0.29, 0.717) is 22.2 Å². The Balaban J connectivity index is 1.72. The van der Waals surface area contributed by atoms with Gasteiger partial charge in [-0.2, -0.15) is 10.2 Å². The largest absolute Gasteiger partial charge is 0.467 e. The van der Waals surface area contributed by atoms with E-state index in [2.05, 4.69) is 20.8 Å². The number of hydrogen-bond donors (Lipinski definition) is 2. The fourth-order valence-electron chi connectivity index (χ4n) is 2.55. The average Bonchev–Trinajstić information content (AvgIpc) is 3.35. The Labute approximate surface area is 160 Å². The Hall–Kier alpha value is -3.07. The van der Waals surface area contributed by atoms with Crippen molar-refractivity contribution in [3.05, 3.63) is 53.0 Å². The predicted molar refractivity (Wildman–Crippen MR) is 98.4 cm³/mol. The van der Waals surface area contributed by atoms with E-state index in [1.54, 1.807) is 39.2 Å². The number of carbonyl (C=O) groups is 2. The van der Waals surface area contributed by atoms with Gasteiger partial charge < -0.3 is 15.1 Å². The van der Waals surface area contributed by atoms with Crippen molar-refractivity contribution in [3.63, 3.8) is 0 Å². The predicted octanol–water partition coefficient (Wildman–Crippen LogP) is 2.30. The van der Waals surface area contributed by atoms with E-state index < -0.39 is 11.9 Å². The lowest BCUT2D eigenvalue weighted by Gasteiger charge is -2.14. The zero-order valence-electron chi connectivity index (χ0n) is 15.1. The van der Waals surface area contributed by atoms with Crippen LogP contribution in [0, 0.1) is 6.92 Å². The minimum absolute atomic E-state index is 0.111. The van der Waals surface area contributed by atoms with E-state index >= 15 is 0 Å². The molecule has 0 spiro atoms. The second-order valence-electron chi connectivity index (χ2n) is 6.01. The number of nitrogens with one attached hydrogen (secondary N) is 2. The Kier molecular flexibility index (Phi) is 5.31. The van der Waals surface area contributed by atoms with Gasteiger partial charge in [0.15, 0.2) is 5.69 Å². The van der Waals surface area contributed by atoms with Crippen molar-refractivity contribution < 1.29 is 14.0 Å². The summed E-state index contributed by atoms with van der Waals surface area (Å²) in [4.78, 5) is 25.0. The molecular formula is C17H19ClN6O3. The second-order valence-corrected chi connectivity index (χ2v) is 6.42. The van der Waals surface area contributed by atoms with E-state index in [0.717, 1.165) is 0 Å². The molecule has 142 valence electrons. The highest BCUT2D eigenvalue weighted by Gasteiger charge is 2.23. The van der Waals surface area contributed by atoms with Gasteiger partial charge in [-0.05, 0) is 26.0 Å². The molecule has 0 bridgehead atoms. The summed E-state index contributed by atoms with van der Waals surface area (Å²) in [6, 6.07) is 2.87. The lowest BCUT2D eigenvalue weighted by atomic mass is 10.2. The number of aryl methyl sites for hydroxylation is 1. The lowest BCUT2D eigenvalue weighted by molar-refractivity contribution is -0.119. The summed E-state index contributed by atoms with van der Waals surface area (Å²) in [5.74, 6) is -0.149. The van der Waals surface area contributed by atoms with Crippen LogP contribution in [0.2, 0.25) is 5.02 Å². The molecule has 0 saturated carbocycles. The summed E-state index contributed by atoms with van der Waals surface area (Å²) in [6.07, 6.45) is 4.58. The van der Waals surface area contributed by atoms with E-state index in [9.17, 15) is 9.59 Å². The van der Waals surface area contributed by atoms with Crippen LogP contribution in [-0.2, 0) is 18.4 Å². The zero-order valence-corrected chi connectivity index (χ0v) is 15.8. The van der Waals surface area contributed by atoms with Crippen LogP contribution < -0.4 is 10.6 Å². The molecule has 0 unspecified atom stereocenters. The highest BCUT2D eigenvalue weighted by atomic mass is 35.5. The molecule has 3 rings (SSSR count). The molecule has 0 saturated heterocycles. The lowest BCUT2D eigenvalue weighted by Crippen LogP contribution is -2.28. The third-order valence-corrected chi connectivity index (χ3v) is 4.41. The fourth-order valence-corrected chi connectivity index (χ4v) is 2.68. The van der Waals surface area contributed by atoms with Gasteiger partial charge in [-0.1, -0.05) is 11.6 Å². The summed E-state index contributed by atoms with van der Waals surface area (Å²) in [6.45, 7) is 3.69. The SMILES string of the molecule is Cc1c(Cl)cnn1[C@@H](C)C(=O)Nc1cn(C)nc1C(=O)NCc1ccco1. The molecule has 3 heterocycles. The van der Waals surface area contributed by atoms with Gasteiger partial charge in [0.1, 0.15) is 11.8 Å². The Morgan fingerprint density at radius 2 is 2.19 bits per heavy atom. The van der Waals surface area contributed by atoms with Crippen LogP contribution in [-0.4, -0.2) is 31.4 Å². The number of carbonyl (C=O) groups excluding carboxylic acids is 2. The molecule has 1 atom stereocenters.